The van der Waals surface area contributed by atoms with E-state index in [-0.39, 0.29) is 11.9 Å². The van der Waals surface area contributed by atoms with Crippen LogP contribution in [-0.2, 0) is 0 Å². The van der Waals surface area contributed by atoms with Crippen molar-refractivity contribution in [2.45, 2.75) is 26.3 Å². The zero-order valence-electron chi connectivity index (χ0n) is 11.9. The third-order valence-electron chi connectivity index (χ3n) is 3.56. The van der Waals surface area contributed by atoms with Crippen molar-refractivity contribution in [3.8, 4) is 5.75 Å². The molecule has 0 spiro atoms. The molecule has 0 aliphatic carbocycles. The van der Waals surface area contributed by atoms with E-state index in [0.29, 0.717) is 5.75 Å². The summed E-state index contributed by atoms with van der Waals surface area (Å²) < 4.78 is 13.1. The number of halogens is 1. The second-order valence-electron chi connectivity index (χ2n) is 4.75. The third-order valence-corrected chi connectivity index (χ3v) is 3.56. The Morgan fingerprint density at radius 1 is 1.05 bits per heavy atom. The molecule has 2 rings (SSSR count). The van der Waals surface area contributed by atoms with Crippen LogP contribution in [0.1, 0.15) is 31.9 Å². The van der Waals surface area contributed by atoms with Crippen molar-refractivity contribution in [1.29, 1.82) is 0 Å². The average Bonchev–Trinajstić information content (AvgIpc) is 2.47. The minimum absolute atomic E-state index is 0.0756. The van der Waals surface area contributed by atoms with E-state index in [0.717, 1.165) is 24.2 Å². The topological polar surface area (TPSA) is 23.5 Å². The van der Waals surface area contributed by atoms with E-state index >= 15 is 0 Å². The molecule has 2 nitrogen and oxygen atoms in total. The first kappa shape index (κ1) is 14.4. The highest BCUT2D eigenvalue weighted by Crippen LogP contribution is 2.34. The van der Waals surface area contributed by atoms with E-state index in [2.05, 4.69) is 18.7 Å². The standard InChI is InChI=1S/C17H20FNO/c1-3-16(15-7-5-6-8-17(15)20)19(4-2)14-11-9-13(18)10-12-14/h5-12,16,20H,3-4H2,1-2H3. The highest BCUT2D eigenvalue weighted by Gasteiger charge is 2.20. The van der Waals surface area contributed by atoms with Gasteiger partial charge in [-0.15, -0.1) is 0 Å². The van der Waals surface area contributed by atoms with Gasteiger partial charge in [0.25, 0.3) is 0 Å². The summed E-state index contributed by atoms with van der Waals surface area (Å²) in [5, 5.41) is 10.1. The maximum atomic E-state index is 13.1. The molecule has 2 aromatic carbocycles. The van der Waals surface area contributed by atoms with Gasteiger partial charge in [0, 0.05) is 17.8 Å². The molecule has 3 heteroatoms. The van der Waals surface area contributed by atoms with Gasteiger partial charge >= 0.3 is 0 Å². The summed E-state index contributed by atoms with van der Waals surface area (Å²) in [4.78, 5) is 2.18. The van der Waals surface area contributed by atoms with E-state index < -0.39 is 0 Å². The smallest absolute Gasteiger partial charge is 0.123 e. The second kappa shape index (κ2) is 6.42. The number of phenols is 1. The van der Waals surface area contributed by atoms with Gasteiger partial charge in [0.1, 0.15) is 11.6 Å². The van der Waals surface area contributed by atoms with Gasteiger partial charge in [-0.3, -0.25) is 0 Å². The Bertz CT molecular complexity index is 553. The van der Waals surface area contributed by atoms with Crippen LogP contribution in [0.15, 0.2) is 48.5 Å². The van der Waals surface area contributed by atoms with Crippen LogP contribution in [0.25, 0.3) is 0 Å². The number of phenolic OH excluding ortho intramolecular Hbond substituents is 1. The maximum absolute atomic E-state index is 13.1. The normalized spacial score (nSPS) is 12.2. The Kier molecular flexibility index (Phi) is 4.61. The van der Waals surface area contributed by atoms with Gasteiger partial charge in [0.15, 0.2) is 0 Å². The molecule has 0 bridgehead atoms. The van der Waals surface area contributed by atoms with Crippen LogP contribution in [-0.4, -0.2) is 11.7 Å². The number of nitrogens with zero attached hydrogens (tertiary/aromatic N) is 1. The van der Waals surface area contributed by atoms with Gasteiger partial charge < -0.3 is 10.0 Å². The van der Waals surface area contributed by atoms with Gasteiger partial charge in [0.05, 0.1) is 6.04 Å². The van der Waals surface area contributed by atoms with Crippen molar-refractivity contribution < 1.29 is 9.50 Å². The largest absolute Gasteiger partial charge is 0.508 e. The molecular formula is C17H20FNO. The lowest BCUT2D eigenvalue weighted by Crippen LogP contribution is -2.28. The Morgan fingerprint density at radius 3 is 2.25 bits per heavy atom. The van der Waals surface area contributed by atoms with Gasteiger partial charge in [-0.1, -0.05) is 25.1 Å². The zero-order valence-corrected chi connectivity index (χ0v) is 11.9. The molecule has 0 amide bonds. The maximum Gasteiger partial charge on any atom is 0.123 e. The van der Waals surface area contributed by atoms with Gasteiger partial charge in [-0.2, -0.15) is 0 Å². The summed E-state index contributed by atoms with van der Waals surface area (Å²) in [5.74, 6) is 0.0697. The molecule has 0 aromatic heterocycles. The minimum Gasteiger partial charge on any atom is -0.508 e. The summed E-state index contributed by atoms with van der Waals surface area (Å²) in [7, 11) is 0. The average molecular weight is 273 g/mol. The third kappa shape index (κ3) is 2.93. The Labute approximate surface area is 119 Å². The number of aromatic hydroxyl groups is 1. The highest BCUT2D eigenvalue weighted by atomic mass is 19.1. The summed E-state index contributed by atoms with van der Waals surface area (Å²) in [6.07, 6.45) is 0.864. The molecule has 2 aromatic rings. The SMILES string of the molecule is CCC(c1ccccc1O)N(CC)c1ccc(F)cc1. The predicted octanol–water partition coefficient (Wildman–Crippen LogP) is 4.51. The fraction of sp³-hybridized carbons (Fsp3) is 0.294. The molecule has 0 aliphatic heterocycles. The van der Waals surface area contributed by atoms with Crippen LogP contribution < -0.4 is 4.90 Å². The lowest BCUT2D eigenvalue weighted by Gasteiger charge is -2.33. The first-order chi connectivity index (χ1) is 9.67. The zero-order chi connectivity index (χ0) is 14.5. The lowest BCUT2D eigenvalue weighted by atomic mass is 10.0. The molecular weight excluding hydrogens is 253 g/mol. The molecule has 106 valence electrons. The number of hydrogen-bond donors (Lipinski definition) is 1. The fourth-order valence-electron chi connectivity index (χ4n) is 2.59. The minimum atomic E-state index is -0.236. The Morgan fingerprint density at radius 2 is 1.70 bits per heavy atom. The molecule has 0 heterocycles. The predicted molar refractivity (Wildman–Crippen MR) is 80.6 cm³/mol. The molecule has 1 N–H and O–H groups in total. The van der Waals surface area contributed by atoms with Crippen molar-refractivity contribution >= 4 is 5.69 Å². The summed E-state index contributed by atoms with van der Waals surface area (Å²) in [6.45, 7) is 4.94. The molecule has 20 heavy (non-hydrogen) atoms. The molecule has 0 fully saturated rings. The van der Waals surface area contributed by atoms with E-state index in [1.165, 1.54) is 12.1 Å². The second-order valence-corrected chi connectivity index (χ2v) is 4.75. The van der Waals surface area contributed by atoms with E-state index in [1.807, 2.05) is 18.2 Å². The van der Waals surface area contributed by atoms with Crippen LogP contribution in [0.3, 0.4) is 0 Å². The summed E-state index contributed by atoms with van der Waals surface area (Å²) in [6, 6.07) is 14.0. The van der Waals surface area contributed by atoms with Gasteiger partial charge in [-0.05, 0) is 43.7 Å². The number of rotatable bonds is 5. The van der Waals surface area contributed by atoms with Crippen molar-refractivity contribution in [3.63, 3.8) is 0 Å². The number of benzene rings is 2. The van der Waals surface area contributed by atoms with Crippen LogP contribution >= 0.6 is 0 Å². The summed E-state index contributed by atoms with van der Waals surface area (Å²) in [5.41, 5.74) is 1.87. The van der Waals surface area contributed by atoms with Crippen LogP contribution in [0.5, 0.6) is 5.75 Å². The van der Waals surface area contributed by atoms with E-state index in [4.69, 9.17) is 0 Å². The van der Waals surface area contributed by atoms with Crippen LogP contribution in [0.2, 0.25) is 0 Å². The highest BCUT2D eigenvalue weighted by molar-refractivity contribution is 5.50. The van der Waals surface area contributed by atoms with Crippen LogP contribution in [0.4, 0.5) is 10.1 Å². The Balaban J connectivity index is 2.38. The first-order valence-corrected chi connectivity index (χ1v) is 6.97. The van der Waals surface area contributed by atoms with Crippen LogP contribution in [0, 0.1) is 5.82 Å². The quantitative estimate of drug-likeness (QED) is 0.866. The first-order valence-electron chi connectivity index (χ1n) is 6.97. The monoisotopic (exact) mass is 273 g/mol. The van der Waals surface area contributed by atoms with E-state index in [1.54, 1.807) is 18.2 Å². The van der Waals surface area contributed by atoms with Crippen molar-refractivity contribution in [2.24, 2.45) is 0 Å². The number of para-hydroxylation sites is 1. The summed E-state index contributed by atoms with van der Waals surface area (Å²) >= 11 is 0. The molecule has 1 atom stereocenters. The molecule has 0 radical (unpaired) electrons. The molecule has 1 unspecified atom stereocenters. The lowest BCUT2D eigenvalue weighted by molar-refractivity contribution is 0.456. The number of anilines is 1. The van der Waals surface area contributed by atoms with Crippen molar-refractivity contribution in [2.75, 3.05) is 11.4 Å². The van der Waals surface area contributed by atoms with Gasteiger partial charge in [0.2, 0.25) is 0 Å². The van der Waals surface area contributed by atoms with E-state index in [9.17, 15) is 9.50 Å². The molecule has 0 saturated carbocycles. The van der Waals surface area contributed by atoms with Gasteiger partial charge in [-0.25, -0.2) is 4.39 Å². The fourth-order valence-corrected chi connectivity index (χ4v) is 2.59. The molecule has 0 aliphatic rings. The van der Waals surface area contributed by atoms with Crippen molar-refractivity contribution in [1.82, 2.24) is 0 Å². The number of hydrogen-bond acceptors (Lipinski definition) is 2. The Hall–Kier alpha value is -2.03. The molecule has 0 saturated heterocycles. The van der Waals surface area contributed by atoms with Crippen molar-refractivity contribution in [3.05, 3.63) is 59.9 Å².